The SMILES string of the molecule is NC(C(O)O)C(O)c1ccc(O)c(O)c1O. The van der Waals surface area contributed by atoms with Crippen LogP contribution in [0, 0.1) is 0 Å². The molecule has 0 heterocycles. The van der Waals surface area contributed by atoms with E-state index in [1.165, 1.54) is 0 Å². The van der Waals surface area contributed by atoms with Gasteiger partial charge >= 0.3 is 0 Å². The van der Waals surface area contributed by atoms with Gasteiger partial charge < -0.3 is 36.4 Å². The van der Waals surface area contributed by atoms with Crippen molar-refractivity contribution < 1.29 is 30.6 Å². The highest BCUT2D eigenvalue weighted by molar-refractivity contribution is 5.54. The van der Waals surface area contributed by atoms with E-state index in [1.54, 1.807) is 0 Å². The van der Waals surface area contributed by atoms with Gasteiger partial charge in [0.25, 0.3) is 0 Å². The molecule has 0 aliphatic rings. The van der Waals surface area contributed by atoms with Crippen LogP contribution in [0.3, 0.4) is 0 Å². The fourth-order valence-corrected chi connectivity index (χ4v) is 1.19. The Kier molecular flexibility index (Phi) is 3.55. The molecule has 0 bridgehead atoms. The average molecular weight is 231 g/mol. The summed E-state index contributed by atoms with van der Waals surface area (Å²) >= 11 is 0. The molecule has 2 atom stereocenters. The molecule has 90 valence electrons. The Hall–Kier alpha value is -1.54. The molecule has 7 nitrogen and oxygen atoms in total. The van der Waals surface area contributed by atoms with Crippen LogP contribution in [0.4, 0.5) is 0 Å². The highest BCUT2D eigenvalue weighted by Crippen LogP contribution is 2.40. The van der Waals surface area contributed by atoms with Gasteiger partial charge in [-0.2, -0.15) is 0 Å². The second-order valence-corrected chi connectivity index (χ2v) is 3.31. The van der Waals surface area contributed by atoms with Crippen molar-refractivity contribution in [1.82, 2.24) is 0 Å². The maximum atomic E-state index is 9.56. The maximum absolute atomic E-state index is 9.56. The molecule has 7 heteroatoms. The zero-order valence-corrected chi connectivity index (χ0v) is 8.15. The summed E-state index contributed by atoms with van der Waals surface area (Å²) in [5.41, 5.74) is 5.03. The number of phenols is 3. The van der Waals surface area contributed by atoms with Crippen molar-refractivity contribution in [2.75, 3.05) is 0 Å². The third kappa shape index (κ3) is 2.17. The van der Waals surface area contributed by atoms with Crippen LogP contribution in [-0.2, 0) is 0 Å². The van der Waals surface area contributed by atoms with Gasteiger partial charge in [0, 0.05) is 5.56 Å². The maximum Gasteiger partial charge on any atom is 0.200 e. The highest BCUT2D eigenvalue weighted by Gasteiger charge is 2.26. The lowest BCUT2D eigenvalue weighted by atomic mass is 10.0. The minimum atomic E-state index is -1.98. The summed E-state index contributed by atoms with van der Waals surface area (Å²) in [6, 6.07) is 0.691. The van der Waals surface area contributed by atoms with Crippen LogP contribution in [0.2, 0.25) is 0 Å². The first-order valence-corrected chi connectivity index (χ1v) is 4.39. The fraction of sp³-hybridized carbons (Fsp3) is 0.333. The number of aromatic hydroxyl groups is 3. The van der Waals surface area contributed by atoms with E-state index >= 15 is 0 Å². The topological polar surface area (TPSA) is 147 Å². The molecule has 0 aliphatic carbocycles. The Morgan fingerprint density at radius 2 is 1.50 bits per heavy atom. The van der Waals surface area contributed by atoms with Crippen LogP contribution >= 0.6 is 0 Å². The van der Waals surface area contributed by atoms with Crippen molar-refractivity contribution in [3.8, 4) is 17.2 Å². The van der Waals surface area contributed by atoms with Gasteiger partial charge in [0.1, 0.15) is 6.10 Å². The Morgan fingerprint density at radius 3 is 2.00 bits per heavy atom. The summed E-state index contributed by atoms with van der Waals surface area (Å²) in [6.45, 7) is 0. The first-order chi connectivity index (χ1) is 7.36. The normalized spacial score (nSPS) is 15.1. The number of nitrogens with two attached hydrogens (primary N) is 1. The van der Waals surface area contributed by atoms with Crippen molar-refractivity contribution in [3.63, 3.8) is 0 Å². The molecule has 0 amide bonds. The van der Waals surface area contributed by atoms with Crippen LogP contribution in [0.25, 0.3) is 0 Å². The van der Waals surface area contributed by atoms with E-state index in [-0.39, 0.29) is 5.56 Å². The molecule has 16 heavy (non-hydrogen) atoms. The first-order valence-electron chi connectivity index (χ1n) is 4.39. The molecule has 1 aromatic rings. The number of hydrogen-bond donors (Lipinski definition) is 7. The monoisotopic (exact) mass is 231 g/mol. The van der Waals surface area contributed by atoms with E-state index in [0.29, 0.717) is 0 Å². The van der Waals surface area contributed by atoms with Crippen molar-refractivity contribution in [1.29, 1.82) is 0 Å². The fourth-order valence-electron chi connectivity index (χ4n) is 1.19. The van der Waals surface area contributed by atoms with Gasteiger partial charge in [-0.15, -0.1) is 0 Å². The number of phenolic OH excluding ortho intramolecular Hbond substituents is 3. The Labute approximate surface area is 90.6 Å². The predicted octanol–water partition coefficient (Wildman–Crippen LogP) is -1.53. The summed E-state index contributed by atoms with van der Waals surface area (Å²) in [4.78, 5) is 0. The van der Waals surface area contributed by atoms with Gasteiger partial charge in [0.15, 0.2) is 17.8 Å². The number of benzene rings is 1. The minimum absolute atomic E-state index is 0.212. The molecule has 0 saturated heterocycles. The zero-order chi connectivity index (χ0) is 12.5. The summed E-state index contributed by atoms with van der Waals surface area (Å²) in [7, 11) is 0. The zero-order valence-electron chi connectivity index (χ0n) is 8.15. The van der Waals surface area contributed by atoms with E-state index in [2.05, 4.69) is 0 Å². The van der Waals surface area contributed by atoms with Crippen LogP contribution in [-0.4, -0.2) is 43.0 Å². The molecule has 8 N–H and O–H groups in total. The number of aliphatic hydroxyl groups excluding tert-OH is 2. The molecule has 1 aromatic carbocycles. The Morgan fingerprint density at radius 1 is 0.938 bits per heavy atom. The van der Waals surface area contributed by atoms with Gasteiger partial charge in [-0.25, -0.2) is 0 Å². The van der Waals surface area contributed by atoms with Crippen molar-refractivity contribution in [3.05, 3.63) is 17.7 Å². The van der Waals surface area contributed by atoms with E-state index in [1.807, 2.05) is 0 Å². The lowest BCUT2D eigenvalue weighted by Crippen LogP contribution is -2.39. The minimum Gasteiger partial charge on any atom is -0.504 e. The van der Waals surface area contributed by atoms with E-state index in [0.717, 1.165) is 12.1 Å². The molecular weight excluding hydrogens is 218 g/mol. The van der Waals surface area contributed by atoms with Crippen molar-refractivity contribution >= 4 is 0 Å². The standard InChI is InChI=1S/C9H13NO6/c10-5(9(15)16)6(12)3-1-2-4(11)8(14)7(3)13/h1-2,5-6,9,11-16H,10H2. The van der Waals surface area contributed by atoms with Crippen LogP contribution < -0.4 is 5.73 Å². The predicted molar refractivity (Wildman–Crippen MR) is 52.6 cm³/mol. The van der Waals surface area contributed by atoms with Gasteiger partial charge in [-0.05, 0) is 12.1 Å². The molecule has 1 rings (SSSR count). The Bertz CT molecular complexity index is 381. The molecule has 0 fully saturated rings. The van der Waals surface area contributed by atoms with Crippen LogP contribution in [0.5, 0.6) is 17.2 Å². The highest BCUT2D eigenvalue weighted by atomic mass is 16.5. The molecule has 0 aliphatic heterocycles. The molecule has 0 aromatic heterocycles. The van der Waals surface area contributed by atoms with Crippen LogP contribution in [0.1, 0.15) is 11.7 Å². The second kappa shape index (κ2) is 4.54. The molecule has 0 radical (unpaired) electrons. The number of aliphatic hydroxyl groups is 3. The lowest BCUT2D eigenvalue weighted by molar-refractivity contribution is -0.0869. The summed E-state index contributed by atoms with van der Waals surface area (Å²) < 4.78 is 0. The Balaban J connectivity index is 3.10. The third-order valence-electron chi connectivity index (χ3n) is 2.19. The second-order valence-electron chi connectivity index (χ2n) is 3.31. The lowest BCUT2D eigenvalue weighted by Gasteiger charge is -2.21. The quantitative estimate of drug-likeness (QED) is 0.246. The first kappa shape index (κ1) is 12.5. The smallest absolute Gasteiger partial charge is 0.200 e. The van der Waals surface area contributed by atoms with Crippen molar-refractivity contribution in [2.24, 2.45) is 5.73 Å². The molecular formula is C9H13NO6. The molecule has 2 unspecified atom stereocenters. The van der Waals surface area contributed by atoms with E-state index in [9.17, 15) is 15.3 Å². The van der Waals surface area contributed by atoms with E-state index in [4.69, 9.17) is 21.1 Å². The average Bonchev–Trinajstić information content (AvgIpc) is 2.24. The van der Waals surface area contributed by atoms with Gasteiger partial charge in [0.05, 0.1) is 6.04 Å². The summed E-state index contributed by atoms with van der Waals surface area (Å²) in [5.74, 6) is -2.13. The molecule has 0 saturated carbocycles. The number of rotatable bonds is 3. The number of hydrogen-bond acceptors (Lipinski definition) is 7. The van der Waals surface area contributed by atoms with E-state index < -0.39 is 35.7 Å². The van der Waals surface area contributed by atoms with Crippen LogP contribution in [0.15, 0.2) is 12.1 Å². The van der Waals surface area contributed by atoms with Gasteiger partial charge in [-0.1, -0.05) is 0 Å². The largest absolute Gasteiger partial charge is 0.504 e. The van der Waals surface area contributed by atoms with Gasteiger partial charge in [-0.3, -0.25) is 0 Å². The summed E-state index contributed by atoms with van der Waals surface area (Å²) in [6.07, 6.45) is -3.57. The third-order valence-corrected chi connectivity index (χ3v) is 2.19. The van der Waals surface area contributed by atoms with Gasteiger partial charge in [0.2, 0.25) is 5.75 Å². The van der Waals surface area contributed by atoms with Crippen molar-refractivity contribution in [2.45, 2.75) is 18.4 Å². The summed E-state index contributed by atoms with van der Waals surface area (Å²) in [5, 5.41) is 54.6. The molecule has 0 spiro atoms.